The topological polar surface area (TPSA) is 77.6 Å². The average Bonchev–Trinajstić information content (AvgIpc) is 3.25. The maximum Gasteiger partial charge on any atom is 0.241 e. The molecule has 3 aliphatic heterocycles. The number of hydrogen-bond donors (Lipinski definition) is 2. The number of carbonyl (C=O) groups excluding carboxylic acids is 2. The van der Waals surface area contributed by atoms with Crippen molar-refractivity contribution in [1.82, 2.24) is 25.6 Å². The van der Waals surface area contributed by atoms with Gasteiger partial charge in [-0.3, -0.25) is 20.0 Å². The molecule has 4 rings (SSSR count). The van der Waals surface area contributed by atoms with Gasteiger partial charge in [0.15, 0.2) is 0 Å². The molecule has 1 aromatic rings. The number of rotatable bonds is 5. The first kappa shape index (κ1) is 20.3. The van der Waals surface area contributed by atoms with E-state index < -0.39 is 0 Å². The van der Waals surface area contributed by atoms with Crippen molar-refractivity contribution >= 4 is 11.8 Å². The zero-order chi connectivity index (χ0) is 20.3. The minimum Gasteiger partial charge on any atom is -0.342 e. The average molecular weight is 400 g/mol. The van der Waals surface area contributed by atoms with Gasteiger partial charge < -0.3 is 9.80 Å². The van der Waals surface area contributed by atoms with Crippen molar-refractivity contribution in [2.45, 2.75) is 64.0 Å². The summed E-state index contributed by atoms with van der Waals surface area (Å²) >= 11 is 0. The van der Waals surface area contributed by atoms with Gasteiger partial charge in [-0.05, 0) is 61.6 Å². The summed E-state index contributed by atoms with van der Waals surface area (Å²) < 4.78 is 0. The van der Waals surface area contributed by atoms with E-state index in [1.165, 1.54) is 5.56 Å². The first-order valence-corrected chi connectivity index (χ1v) is 11.0. The summed E-state index contributed by atoms with van der Waals surface area (Å²) in [6.45, 7) is 5.35. The van der Waals surface area contributed by atoms with Crippen LogP contribution in [0, 0.1) is 5.41 Å². The van der Waals surface area contributed by atoms with Crippen LogP contribution in [0.15, 0.2) is 24.5 Å². The van der Waals surface area contributed by atoms with E-state index in [0.29, 0.717) is 12.5 Å². The fourth-order valence-corrected chi connectivity index (χ4v) is 5.00. The predicted octanol–water partition coefficient (Wildman–Crippen LogP) is 1.50. The van der Waals surface area contributed by atoms with E-state index in [4.69, 9.17) is 0 Å². The Hall–Kier alpha value is -1.99. The summed E-state index contributed by atoms with van der Waals surface area (Å²) in [5.41, 5.74) is 7.79. The van der Waals surface area contributed by atoms with E-state index in [1.54, 1.807) is 12.4 Å². The number of nitrogens with one attached hydrogen (secondary N) is 2. The van der Waals surface area contributed by atoms with Gasteiger partial charge in [0.05, 0.1) is 0 Å². The van der Waals surface area contributed by atoms with Gasteiger partial charge in [0.25, 0.3) is 0 Å². The SMILES string of the molecule is CCC1CC(C(=O)N2CCC3(CCC(=O)N(CCc4ccncc4)C3)CC2)NN1. The van der Waals surface area contributed by atoms with E-state index in [0.717, 1.165) is 64.7 Å². The highest BCUT2D eigenvalue weighted by Crippen LogP contribution is 2.40. The summed E-state index contributed by atoms with van der Waals surface area (Å²) in [6.07, 6.45) is 9.96. The van der Waals surface area contributed by atoms with E-state index in [9.17, 15) is 9.59 Å². The number of amides is 2. The van der Waals surface area contributed by atoms with Gasteiger partial charge in [0.1, 0.15) is 6.04 Å². The van der Waals surface area contributed by atoms with Crippen LogP contribution in [0.4, 0.5) is 0 Å². The summed E-state index contributed by atoms with van der Waals surface area (Å²) in [7, 11) is 0. The minimum atomic E-state index is -0.0983. The van der Waals surface area contributed by atoms with Crippen LogP contribution < -0.4 is 10.9 Å². The lowest BCUT2D eigenvalue weighted by Crippen LogP contribution is -2.54. The Labute approximate surface area is 173 Å². The molecule has 0 saturated carbocycles. The molecule has 7 nitrogen and oxygen atoms in total. The second kappa shape index (κ2) is 8.79. The lowest BCUT2D eigenvalue weighted by molar-refractivity contribution is -0.143. The summed E-state index contributed by atoms with van der Waals surface area (Å²) in [5.74, 6) is 0.500. The fourth-order valence-electron chi connectivity index (χ4n) is 5.00. The van der Waals surface area contributed by atoms with Gasteiger partial charge in [-0.1, -0.05) is 6.92 Å². The molecule has 0 aliphatic carbocycles. The zero-order valence-electron chi connectivity index (χ0n) is 17.4. The van der Waals surface area contributed by atoms with Crippen molar-refractivity contribution < 1.29 is 9.59 Å². The Morgan fingerprint density at radius 1 is 1.21 bits per heavy atom. The fraction of sp³-hybridized carbons (Fsp3) is 0.682. The van der Waals surface area contributed by atoms with Gasteiger partial charge in [-0.25, -0.2) is 5.43 Å². The zero-order valence-corrected chi connectivity index (χ0v) is 17.4. The highest BCUT2D eigenvalue weighted by Gasteiger charge is 2.42. The lowest BCUT2D eigenvalue weighted by Gasteiger charge is -2.47. The molecule has 4 heterocycles. The van der Waals surface area contributed by atoms with Crippen LogP contribution in [0.5, 0.6) is 0 Å². The quantitative estimate of drug-likeness (QED) is 0.785. The Morgan fingerprint density at radius 3 is 2.66 bits per heavy atom. The normalized spacial score (nSPS) is 26.9. The van der Waals surface area contributed by atoms with Gasteiger partial charge >= 0.3 is 0 Å². The second-order valence-electron chi connectivity index (χ2n) is 8.93. The van der Waals surface area contributed by atoms with Crippen LogP contribution in [0.2, 0.25) is 0 Å². The number of nitrogens with zero attached hydrogens (tertiary/aromatic N) is 3. The Bertz CT molecular complexity index is 717. The third kappa shape index (κ3) is 4.61. The van der Waals surface area contributed by atoms with Crippen molar-refractivity contribution in [1.29, 1.82) is 0 Å². The van der Waals surface area contributed by atoms with Crippen molar-refractivity contribution in [3.63, 3.8) is 0 Å². The number of likely N-dealkylation sites (tertiary alicyclic amines) is 2. The summed E-state index contributed by atoms with van der Waals surface area (Å²) in [4.78, 5) is 33.5. The first-order valence-electron chi connectivity index (χ1n) is 11.0. The third-order valence-corrected chi connectivity index (χ3v) is 7.08. The molecular weight excluding hydrogens is 366 g/mol. The molecular formula is C22H33N5O2. The van der Waals surface area contributed by atoms with E-state index >= 15 is 0 Å². The molecule has 2 amide bonds. The maximum absolute atomic E-state index is 12.9. The standard InChI is InChI=1S/C22H33N5O2/c1-2-18-15-19(25-24-18)21(29)26-13-8-22(9-14-26)7-3-20(28)27(16-22)12-6-17-4-10-23-11-5-17/h4-5,10-11,18-19,24-25H,2-3,6-9,12-16H2,1H3. The molecule has 7 heteroatoms. The second-order valence-corrected chi connectivity index (χ2v) is 8.93. The molecule has 2 unspecified atom stereocenters. The van der Waals surface area contributed by atoms with Gasteiger partial charge in [-0.2, -0.15) is 0 Å². The molecule has 2 N–H and O–H groups in total. The number of hydrogen-bond acceptors (Lipinski definition) is 5. The lowest BCUT2D eigenvalue weighted by atomic mass is 9.72. The van der Waals surface area contributed by atoms with Crippen LogP contribution in [0.1, 0.15) is 51.0 Å². The molecule has 29 heavy (non-hydrogen) atoms. The smallest absolute Gasteiger partial charge is 0.241 e. The Kier molecular flexibility index (Phi) is 6.15. The molecule has 3 fully saturated rings. The summed E-state index contributed by atoms with van der Waals surface area (Å²) in [5, 5.41) is 0. The van der Waals surface area contributed by atoms with E-state index in [1.807, 2.05) is 17.0 Å². The van der Waals surface area contributed by atoms with Gasteiger partial charge in [-0.15, -0.1) is 0 Å². The number of carbonyl (C=O) groups is 2. The van der Waals surface area contributed by atoms with E-state index in [-0.39, 0.29) is 23.3 Å². The van der Waals surface area contributed by atoms with Gasteiger partial charge in [0.2, 0.25) is 11.8 Å². The maximum atomic E-state index is 12.9. The van der Waals surface area contributed by atoms with Crippen molar-refractivity contribution in [2.75, 3.05) is 26.2 Å². The van der Waals surface area contributed by atoms with Crippen LogP contribution in [0.25, 0.3) is 0 Å². The number of pyridine rings is 1. The van der Waals surface area contributed by atoms with Crippen LogP contribution in [0.3, 0.4) is 0 Å². The monoisotopic (exact) mass is 399 g/mol. The van der Waals surface area contributed by atoms with Crippen molar-refractivity contribution in [3.05, 3.63) is 30.1 Å². The van der Waals surface area contributed by atoms with Crippen LogP contribution >= 0.6 is 0 Å². The van der Waals surface area contributed by atoms with Crippen LogP contribution in [-0.4, -0.2) is 64.9 Å². The number of piperidine rings is 2. The van der Waals surface area contributed by atoms with Crippen molar-refractivity contribution in [2.24, 2.45) is 5.41 Å². The molecule has 3 aliphatic rings. The molecule has 3 saturated heterocycles. The molecule has 0 bridgehead atoms. The number of aromatic nitrogens is 1. The molecule has 158 valence electrons. The highest BCUT2D eigenvalue weighted by molar-refractivity contribution is 5.82. The number of hydrazine groups is 1. The first-order chi connectivity index (χ1) is 14.1. The predicted molar refractivity (Wildman–Crippen MR) is 111 cm³/mol. The minimum absolute atomic E-state index is 0.0983. The van der Waals surface area contributed by atoms with E-state index in [2.05, 4.69) is 27.7 Å². The molecule has 2 atom stereocenters. The molecule has 1 spiro atoms. The Morgan fingerprint density at radius 2 is 1.97 bits per heavy atom. The highest BCUT2D eigenvalue weighted by atomic mass is 16.2. The van der Waals surface area contributed by atoms with Gasteiger partial charge in [0, 0.05) is 51.0 Å². The largest absolute Gasteiger partial charge is 0.342 e. The molecule has 1 aromatic heterocycles. The molecule has 0 aromatic carbocycles. The van der Waals surface area contributed by atoms with Crippen LogP contribution in [-0.2, 0) is 16.0 Å². The third-order valence-electron chi connectivity index (χ3n) is 7.08. The summed E-state index contributed by atoms with van der Waals surface area (Å²) in [6, 6.07) is 4.32. The van der Waals surface area contributed by atoms with Crippen molar-refractivity contribution in [3.8, 4) is 0 Å². The molecule has 0 radical (unpaired) electrons. The Balaban J connectivity index is 1.30.